The van der Waals surface area contributed by atoms with Gasteiger partial charge in [-0.15, -0.1) is 0 Å². The van der Waals surface area contributed by atoms with Crippen LogP contribution in [0.15, 0.2) is 48.5 Å². The third-order valence-corrected chi connectivity index (χ3v) is 3.41. The number of hydrogen-bond donors (Lipinski definition) is 1. The monoisotopic (exact) mass is 302 g/mol. The smallest absolute Gasteiger partial charge is 0.256 e. The van der Waals surface area contributed by atoms with Crippen molar-refractivity contribution in [3.05, 3.63) is 60.2 Å². The topological polar surface area (TPSA) is 49.4 Å². The highest BCUT2D eigenvalue weighted by Crippen LogP contribution is 2.27. The molecule has 1 aliphatic heterocycles. The molecule has 1 fully saturated rings. The summed E-state index contributed by atoms with van der Waals surface area (Å²) < 4.78 is 26.9. The van der Waals surface area contributed by atoms with Gasteiger partial charge in [0.05, 0.1) is 12.1 Å². The Hall–Kier alpha value is -2.76. The quantitative estimate of drug-likeness (QED) is 0.887. The summed E-state index contributed by atoms with van der Waals surface area (Å²) in [7, 11) is 0. The molecule has 22 heavy (non-hydrogen) atoms. The minimum atomic E-state index is -0.839. The maximum absolute atomic E-state index is 13.8. The molecule has 0 radical (unpaired) electrons. The van der Waals surface area contributed by atoms with Crippen LogP contribution in [0.5, 0.6) is 0 Å². The number of halogens is 2. The van der Waals surface area contributed by atoms with E-state index in [9.17, 15) is 18.4 Å². The van der Waals surface area contributed by atoms with Crippen LogP contribution >= 0.6 is 0 Å². The zero-order valence-corrected chi connectivity index (χ0v) is 11.4. The SMILES string of the molecule is O=C1C[C@H](Nc2cccc(F)c2)C(=O)N1c1ccccc1F. The Morgan fingerprint density at radius 2 is 1.82 bits per heavy atom. The summed E-state index contributed by atoms with van der Waals surface area (Å²) in [5, 5.41) is 2.81. The molecule has 4 nitrogen and oxygen atoms in total. The maximum Gasteiger partial charge on any atom is 0.256 e. The molecule has 0 spiro atoms. The van der Waals surface area contributed by atoms with Gasteiger partial charge in [-0.1, -0.05) is 18.2 Å². The summed E-state index contributed by atoms with van der Waals surface area (Å²) in [5.41, 5.74) is 0.322. The van der Waals surface area contributed by atoms with Crippen molar-refractivity contribution in [3.63, 3.8) is 0 Å². The second-order valence-electron chi connectivity index (χ2n) is 4.93. The van der Waals surface area contributed by atoms with Crippen molar-refractivity contribution in [2.24, 2.45) is 0 Å². The molecule has 0 aromatic heterocycles. The number of anilines is 2. The lowest BCUT2D eigenvalue weighted by Crippen LogP contribution is -2.35. The summed E-state index contributed by atoms with van der Waals surface area (Å²) in [6.45, 7) is 0. The number of nitrogens with zero attached hydrogens (tertiary/aromatic N) is 1. The van der Waals surface area contributed by atoms with E-state index in [0.29, 0.717) is 5.69 Å². The molecule has 2 aromatic carbocycles. The fourth-order valence-corrected chi connectivity index (χ4v) is 2.41. The molecule has 1 aliphatic rings. The Morgan fingerprint density at radius 3 is 2.55 bits per heavy atom. The van der Waals surface area contributed by atoms with E-state index in [0.717, 1.165) is 4.90 Å². The molecule has 0 saturated carbocycles. The van der Waals surface area contributed by atoms with Gasteiger partial charge >= 0.3 is 0 Å². The van der Waals surface area contributed by atoms with Crippen LogP contribution in [0.1, 0.15) is 6.42 Å². The molecule has 1 atom stereocenters. The van der Waals surface area contributed by atoms with Crippen LogP contribution in [0.2, 0.25) is 0 Å². The first-order valence-corrected chi connectivity index (χ1v) is 6.69. The van der Waals surface area contributed by atoms with Gasteiger partial charge in [-0.3, -0.25) is 9.59 Å². The van der Waals surface area contributed by atoms with Crippen LogP contribution < -0.4 is 10.2 Å². The van der Waals surface area contributed by atoms with E-state index in [4.69, 9.17) is 0 Å². The van der Waals surface area contributed by atoms with Gasteiger partial charge in [0.2, 0.25) is 5.91 Å². The molecule has 6 heteroatoms. The average molecular weight is 302 g/mol. The summed E-state index contributed by atoms with van der Waals surface area (Å²) in [6, 6.07) is 10.3. The van der Waals surface area contributed by atoms with Gasteiger partial charge in [-0.05, 0) is 30.3 Å². The van der Waals surface area contributed by atoms with Crippen molar-refractivity contribution in [1.29, 1.82) is 0 Å². The third-order valence-electron chi connectivity index (χ3n) is 3.41. The number of nitrogens with one attached hydrogen (secondary N) is 1. The van der Waals surface area contributed by atoms with E-state index in [2.05, 4.69) is 5.32 Å². The Bertz CT molecular complexity index is 748. The first-order valence-electron chi connectivity index (χ1n) is 6.69. The summed E-state index contributed by atoms with van der Waals surface area (Å²) in [4.78, 5) is 25.2. The molecule has 2 aromatic rings. The minimum Gasteiger partial charge on any atom is -0.373 e. The van der Waals surface area contributed by atoms with Gasteiger partial charge in [-0.2, -0.15) is 0 Å². The molecule has 1 saturated heterocycles. The lowest BCUT2D eigenvalue weighted by atomic mass is 10.2. The van der Waals surface area contributed by atoms with Gasteiger partial charge < -0.3 is 5.32 Å². The summed E-state index contributed by atoms with van der Waals surface area (Å²) in [6.07, 6.45) is -0.107. The summed E-state index contributed by atoms with van der Waals surface area (Å²) >= 11 is 0. The predicted octanol–water partition coefficient (Wildman–Crippen LogP) is 2.71. The molecule has 1 N–H and O–H groups in total. The van der Waals surface area contributed by atoms with Crippen molar-refractivity contribution in [2.45, 2.75) is 12.5 Å². The molecule has 0 unspecified atom stereocenters. The summed E-state index contributed by atoms with van der Waals surface area (Å²) in [5.74, 6) is -2.15. The molecule has 0 bridgehead atoms. The Morgan fingerprint density at radius 1 is 1.05 bits per heavy atom. The van der Waals surface area contributed by atoms with Crippen LogP contribution in [0.3, 0.4) is 0 Å². The van der Waals surface area contributed by atoms with E-state index in [1.54, 1.807) is 12.1 Å². The lowest BCUT2D eigenvalue weighted by Gasteiger charge is -2.16. The van der Waals surface area contributed by atoms with Crippen molar-refractivity contribution >= 4 is 23.2 Å². The lowest BCUT2D eigenvalue weighted by molar-refractivity contribution is -0.121. The fourth-order valence-electron chi connectivity index (χ4n) is 2.41. The number of hydrogen-bond acceptors (Lipinski definition) is 3. The standard InChI is InChI=1S/C16H12F2N2O2/c17-10-4-3-5-11(8-10)19-13-9-15(21)20(16(13)22)14-7-2-1-6-12(14)18/h1-8,13,19H,9H2/t13-/m0/s1. The highest BCUT2D eigenvalue weighted by molar-refractivity contribution is 6.23. The van der Waals surface area contributed by atoms with Crippen molar-refractivity contribution in [2.75, 3.05) is 10.2 Å². The van der Waals surface area contributed by atoms with E-state index < -0.39 is 29.5 Å². The molecule has 112 valence electrons. The third kappa shape index (κ3) is 2.55. The van der Waals surface area contributed by atoms with Gasteiger partial charge in [0.25, 0.3) is 5.91 Å². The van der Waals surface area contributed by atoms with Crippen LogP contribution in [0, 0.1) is 11.6 Å². The number of carbonyl (C=O) groups excluding carboxylic acids is 2. The second kappa shape index (κ2) is 5.55. The first kappa shape index (κ1) is 14.2. The van der Waals surface area contributed by atoms with E-state index in [1.165, 1.54) is 36.4 Å². The number of carbonyl (C=O) groups is 2. The normalized spacial score (nSPS) is 17.9. The number of rotatable bonds is 3. The van der Waals surface area contributed by atoms with Crippen molar-refractivity contribution < 1.29 is 18.4 Å². The van der Waals surface area contributed by atoms with Crippen LogP contribution in [0.4, 0.5) is 20.2 Å². The zero-order valence-electron chi connectivity index (χ0n) is 11.4. The molecule has 3 rings (SSSR count). The number of para-hydroxylation sites is 1. The number of imide groups is 1. The van der Waals surface area contributed by atoms with Crippen LogP contribution in [-0.2, 0) is 9.59 Å². The average Bonchev–Trinajstić information content (AvgIpc) is 2.74. The predicted molar refractivity (Wildman–Crippen MR) is 77.3 cm³/mol. The van der Waals surface area contributed by atoms with Gasteiger partial charge in [0, 0.05) is 5.69 Å². The fraction of sp³-hybridized carbons (Fsp3) is 0.125. The maximum atomic E-state index is 13.8. The molecule has 0 aliphatic carbocycles. The van der Waals surface area contributed by atoms with Gasteiger partial charge in [-0.25, -0.2) is 13.7 Å². The molecule has 1 heterocycles. The number of amides is 2. The Kier molecular flexibility index (Phi) is 3.58. The van der Waals surface area contributed by atoms with E-state index in [1.807, 2.05) is 0 Å². The first-order chi connectivity index (χ1) is 10.6. The van der Waals surface area contributed by atoms with Gasteiger partial charge in [0.15, 0.2) is 0 Å². The second-order valence-corrected chi connectivity index (χ2v) is 4.93. The zero-order chi connectivity index (χ0) is 15.7. The highest BCUT2D eigenvalue weighted by atomic mass is 19.1. The van der Waals surface area contributed by atoms with E-state index in [-0.39, 0.29) is 12.1 Å². The molecule has 2 amide bonds. The highest BCUT2D eigenvalue weighted by Gasteiger charge is 2.40. The van der Waals surface area contributed by atoms with Crippen molar-refractivity contribution in [1.82, 2.24) is 0 Å². The van der Waals surface area contributed by atoms with Crippen LogP contribution in [0.25, 0.3) is 0 Å². The Labute approximate surface area is 125 Å². The van der Waals surface area contributed by atoms with E-state index >= 15 is 0 Å². The molecular weight excluding hydrogens is 290 g/mol. The number of benzene rings is 2. The van der Waals surface area contributed by atoms with Crippen LogP contribution in [-0.4, -0.2) is 17.9 Å². The van der Waals surface area contributed by atoms with Gasteiger partial charge in [0.1, 0.15) is 17.7 Å². The molecular formula is C16H12F2N2O2. The minimum absolute atomic E-state index is 0.0685. The Balaban J connectivity index is 1.84. The largest absolute Gasteiger partial charge is 0.373 e. The van der Waals surface area contributed by atoms with Crippen molar-refractivity contribution in [3.8, 4) is 0 Å².